The zero-order valence-corrected chi connectivity index (χ0v) is 9.71. The highest BCUT2D eigenvalue weighted by Crippen LogP contribution is 2.20. The monoisotopic (exact) mass is 221 g/mol. The van der Waals surface area contributed by atoms with Crippen LogP contribution in [0.15, 0.2) is 24.5 Å². The van der Waals surface area contributed by atoms with Crippen molar-refractivity contribution >= 4 is 0 Å². The largest absolute Gasteiger partial charge is 0.394 e. The molecule has 0 spiro atoms. The molecule has 16 heavy (non-hydrogen) atoms. The topological polar surface area (TPSA) is 39.6 Å². The molecular weight excluding hydrogens is 202 g/mol. The van der Waals surface area contributed by atoms with Gasteiger partial charge in [-0.25, -0.2) is 0 Å². The number of aromatic nitrogens is 1. The van der Waals surface area contributed by atoms with Crippen LogP contribution in [0, 0.1) is 0 Å². The van der Waals surface area contributed by atoms with E-state index in [1.807, 2.05) is 18.3 Å². The maximum Gasteiger partial charge on any atom is 0.0629 e. The number of hydrogen-bond acceptors (Lipinski definition) is 4. The molecule has 0 radical (unpaired) electrons. The Morgan fingerprint density at radius 1 is 1.38 bits per heavy atom. The third-order valence-corrected chi connectivity index (χ3v) is 3.22. The Morgan fingerprint density at radius 3 is 2.69 bits per heavy atom. The van der Waals surface area contributed by atoms with Gasteiger partial charge in [-0.15, -0.1) is 0 Å². The fourth-order valence-corrected chi connectivity index (χ4v) is 2.14. The predicted octanol–water partition coefficient (Wildman–Crippen LogP) is 0.362. The number of nitrogens with zero attached hydrogens (tertiary/aromatic N) is 3. The van der Waals surface area contributed by atoms with Crippen LogP contribution < -0.4 is 0 Å². The van der Waals surface area contributed by atoms with Crippen molar-refractivity contribution < 1.29 is 5.11 Å². The lowest BCUT2D eigenvalue weighted by molar-refractivity contribution is 0.0746. The van der Waals surface area contributed by atoms with Crippen LogP contribution in [0.4, 0.5) is 0 Å². The molecule has 0 aliphatic carbocycles. The first kappa shape index (κ1) is 11.5. The molecule has 1 saturated heterocycles. The SMILES string of the molecule is CN1CCN(C(CO)c2cccnc2)CC1. The van der Waals surface area contributed by atoms with E-state index >= 15 is 0 Å². The molecule has 1 aliphatic rings. The minimum absolute atomic E-state index is 0.0994. The first-order valence-electron chi connectivity index (χ1n) is 5.74. The molecule has 1 aliphatic heterocycles. The highest BCUT2D eigenvalue weighted by atomic mass is 16.3. The molecule has 0 amide bonds. The first-order valence-corrected chi connectivity index (χ1v) is 5.74. The maximum absolute atomic E-state index is 9.51. The number of pyridine rings is 1. The number of hydrogen-bond donors (Lipinski definition) is 1. The molecule has 2 heterocycles. The summed E-state index contributed by atoms with van der Waals surface area (Å²) >= 11 is 0. The number of piperazine rings is 1. The summed E-state index contributed by atoms with van der Waals surface area (Å²) in [4.78, 5) is 8.76. The molecule has 1 aromatic heterocycles. The molecule has 0 bridgehead atoms. The van der Waals surface area contributed by atoms with Gasteiger partial charge >= 0.3 is 0 Å². The van der Waals surface area contributed by atoms with Crippen molar-refractivity contribution in [2.24, 2.45) is 0 Å². The van der Waals surface area contributed by atoms with Crippen molar-refractivity contribution in [3.63, 3.8) is 0 Å². The summed E-state index contributed by atoms with van der Waals surface area (Å²) in [7, 11) is 2.13. The van der Waals surface area contributed by atoms with Gasteiger partial charge < -0.3 is 10.0 Å². The van der Waals surface area contributed by atoms with E-state index in [-0.39, 0.29) is 12.6 Å². The Morgan fingerprint density at radius 2 is 2.12 bits per heavy atom. The molecular formula is C12H19N3O. The van der Waals surface area contributed by atoms with Crippen LogP contribution in [0.25, 0.3) is 0 Å². The van der Waals surface area contributed by atoms with Gasteiger partial charge in [-0.1, -0.05) is 6.07 Å². The number of aliphatic hydroxyl groups excluding tert-OH is 1. The van der Waals surface area contributed by atoms with Crippen LogP contribution in [0.5, 0.6) is 0 Å². The summed E-state index contributed by atoms with van der Waals surface area (Å²) in [6.45, 7) is 4.32. The van der Waals surface area contributed by atoms with Gasteiger partial charge in [-0.3, -0.25) is 9.88 Å². The second-order valence-corrected chi connectivity index (χ2v) is 4.32. The summed E-state index contributed by atoms with van der Waals surface area (Å²) in [5.74, 6) is 0. The van der Waals surface area contributed by atoms with Gasteiger partial charge in [-0.05, 0) is 18.7 Å². The molecule has 2 rings (SSSR count). The lowest BCUT2D eigenvalue weighted by Gasteiger charge is -2.37. The van der Waals surface area contributed by atoms with E-state index in [0.717, 1.165) is 31.7 Å². The molecule has 1 aromatic rings. The smallest absolute Gasteiger partial charge is 0.0629 e. The number of rotatable bonds is 3. The maximum atomic E-state index is 9.51. The van der Waals surface area contributed by atoms with E-state index in [1.165, 1.54) is 0 Å². The second kappa shape index (κ2) is 5.39. The van der Waals surface area contributed by atoms with Crippen molar-refractivity contribution in [1.82, 2.24) is 14.8 Å². The molecule has 1 unspecified atom stereocenters. The fourth-order valence-electron chi connectivity index (χ4n) is 2.14. The normalized spacial score (nSPS) is 20.9. The zero-order chi connectivity index (χ0) is 11.4. The average molecular weight is 221 g/mol. The van der Waals surface area contributed by atoms with Gasteiger partial charge in [0.15, 0.2) is 0 Å². The van der Waals surface area contributed by atoms with E-state index < -0.39 is 0 Å². The molecule has 0 aromatic carbocycles. The van der Waals surface area contributed by atoms with Crippen LogP contribution in [0.3, 0.4) is 0 Å². The molecule has 88 valence electrons. The van der Waals surface area contributed by atoms with Crippen molar-refractivity contribution in [2.75, 3.05) is 39.8 Å². The van der Waals surface area contributed by atoms with Gasteiger partial charge in [0.2, 0.25) is 0 Å². The van der Waals surface area contributed by atoms with Crippen molar-refractivity contribution in [3.8, 4) is 0 Å². The molecule has 4 nitrogen and oxygen atoms in total. The molecule has 0 saturated carbocycles. The van der Waals surface area contributed by atoms with Crippen LogP contribution in [-0.4, -0.2) is 59.7 Å². The number of aliphatic hydroxyl groups is 1. The van der Waals surface area contributed by atoms with Crippen molar-refractivity contribution in [3.05, 3.63) is 30.1 Å². The van der Waals surface area contributed by atoms with Crippen LogP contribution in [0.1, 0.15) is 11.6 Å². The van der Waals surface area contributed by atoms with E-state index in [2.05, 4.69) is 21.8 Å². The third-order valence-electron chi connectivity index (χ3n) is 3.22. The van der Waals surface area contributed by atoms with E-state index in [4.69, 9.17) is 0 Å². The summed E-state index contributed by atoms with van der Waals surface area (Å²) in [5, 5.41) is 9.51. The van der Waals surface area contributed by atoms with E-state index in [9.17, 15) is 5.11 Å². The lowest BCUT2D eigenvalue weighted by atomic mass is 10.1. The first-order chi connectivity index (χ1) is 7.81. The summed E-state index contributed by atoms with van der Waals surface area (Å²) in [6, 6.07) is 4.06. The van der Waals surface area contributed by atoms with Gasteiger partial charge in [-0.2, -0.15) is 0 Å². The Balaban J connectivity index is 2.05. The molecule has 1 fully saturated rings. The number of likely N-dealkylation sites (N-methyl/N-ethyl adjacent to an activating group) is 1. The predicted molar refractivity (Wildman–Crippen MR) is 63.1 cm³/mol. The fraction of sp³-hybridized carbons (Fsp3) is 0.583. The highest BCUT2D eigenvalue weighted by molar-refractivity contribution is 5.14. The minimum atomic E-state index is 0.0994. The Labute approximate surface area is 96.5 Å². The quantitative estimate of drug-likeness (QED) is 0.800. The Bertz CT molecular complexity index is 309. The van der Waals surface area contributed by atoms with Gasteiger partial charge in [0.25, 0.3) is 0 Å². The van der Waals surface area contributed by atoms with Gasteiger partial charge in [0.1, 0.15) is 0 Å². The molecule has 4 heteroatoms. The van der Waals surface area contributed by atoms with Crippen LogP contribution >= 0.6 is 0 Å². The Kier molecular flexibility index (Phi) is 3.88. The molecule has 1 N–H and O–H groups in total. The van der Waals surface area contributed by atoms with E-state index in [1.54, 1.807) is 6.20 Å². The average Bonchev–Trinajstić information content (AvgIpc) is 2.34. The van der Waals surface area contributed by atoms with E-state index in [0.29, 0.717) is 0 Å². The van der Waals surface area contributed by atoms with Crippen molar-refractivity contribution in [2.45, 2.75) is 6.04 Å². The molecule has 1 atom stereocenters. The van der Waals surface area contributed by atoms with Gasteiger partial charge in [0, 0.05) is 38.6 Å². The van der Waals surface area contributed by atoms with Crippen molar-refractivity contribution in [1.29, 1.82) is 0 Å². The Hall–Kier alpha value is -0.970. The van der Waals surface area contributed by atoms with Crippen LogP contribution in [-0.2, 0) is 0 Å². The highest BCUT2D eigenvalue weighted by Gasteiger charge is 2.23. The lowest BCUT2D eigenvalue weighted by Crippen LogP contribution is -2.46. The second-order valence-electron chi connectivity index (χ2n) is 4.32. The minimum Gasteiger partial charge on any atom is -0.394 e. The standard InChI is InChI=1S/C12H19N3O/c1-14-5-7-15(8-6-14)12(10-16)11-3-2-4-13-9-11/h2-4,9,12,16H,5-8,10H2,1H3. The zero-order valence-electron chi connectivity index (χ0n) is 9.71. The summed E-state index contributed by atoms with van der Waals surface area (Å²) in [6.07, 6.45) is 3.61. The summed E-state index contributed by atoms with van der Waals surface area (Å²) < 4.78 is 0. The van der Waals surface area contributed by atoms with Crippen LogP contribution in [0.2, 0.25) is 0 Å². The third kappa shape index (κ3) is 2.58. The summed E-state index contributed by atoms with van der Waals surface area (Å²) in [5.41, 5.74) is 1.11. The van der Waals surface area contributed by atoms with Gasteiger partial charge in [0.05, 0.1) is 12.6 Å².